The Kier molecular flexibility index (Phi) is 4.12. The Hall–Kier alpha value is -1.67. The lowest BCUT2D eigenvalue weighted by molar-refractivity contribution is 0.122. The fourth-order valence-electron chi connectivity index (χ4n) is 2.34. The normalized spacial score (nSPS) is 20.1. The summed E-state index contributed by atoms with van der Waals surface area (Å²) < 4.78 is 10.6. The van der Waals surface area contributed by atoms with Gasteiger partial charge < -0.3 is 24.6 Å². The number of hydrogen-bond acceptors (Lipinski definition) is 8. The molecule has 8 nitrogen and oxygen atoms in total. The molecule has 0 aliphatic carbocycles. The van der Waals surface area contributed by atoms with E-state index in [1.807, 2.05) is 0 Å². The Balaban J connectivity index is 1.85. The van der Waals surface area contributed by atoms with Crippen molar-refractivity contribution < 1.29 is 9.47 Å². The Morgan fingerprint density at radius 3 is 2.15 bits per heavy atom. The minimum atomic E-state index is 0.370. The van der Waals surface area contributed by atoms with Crippen LogP contribution in [0.3, 0.4) is 0 Å². The summed E-state index contributed by atoms with van der Waals surface area (Å²) in [5.74, 6) is 1.37. The second kappa shape index (κ2) is 6.19. The third-order valence-corrected chi connectivity index (χ3v) is 3.47. The number of piperazine rings is 1. The minimum Gasteiger partial charge on any atom is -0.467 e. The SMILES string of the molecule is COc1nc(N2CCNCC2)nc(N2CCOCC2)n1. The number of ether oxygens (including phenoxy) is 2. The lowest BCUT2D eigenvalue weighted by atomic mass is 10.4. The maximum absolute atomic E-state index is 5.36. The topological polar surface area (TPSA) is 75.6 Å². The van der Waals surface area contributed by atoms with E-state index in [-0.39, 0.29) is 0 Å². The van der Waals surface area contributed by atoms with Crippen molar-refractivity contribution in [1.82, 2.24) is 20.3 Å². The molecule has 1 aromatic rings. The van der Waals surface area contributed by atoms with Gasteiger partial charge in [0.25, 0.3) is 0 Å². The molecule has 0 spiro atoms. The van der Waals surface area contributed by atoms with E-state index >= 15 is 0 Å². The van der Waals surface area contributed by atoms with Crippen molar-refractivity contribution in [2.24, 2.45) is 0 Å². The fraction of sp³-hybridized carbons (Fsp3) is 0.750. The van der Waals surface area contributed by atoms with Crippen LogP contribution in [0, 0.1) is 0 Å². The van der Waals surface area contributed by atoms with Crippen molar-refractivity contribution in [3.05, 3.63) is 0 Å². The number of anilines is 2. The first kappa shape index (κ1) is 13.3. The van der Waals surface area contributed by atoms with Crippen LogP contribution in [-0.4, -0.2) is 74.5 Å². The summed E-state index contributed by atoms with van der Waals surface area (Å²) in [4.78, 5) is 17.6. The predicted molar refractivity (Wildman–Crippen MR) is 74.5 cm³/mol. The molecular weight excluding hydrogens is 260 g/mol. The van der Waals surface area contributed by atoms with Crippen LogP contribution < -0.4 is 19.9 Å². The molecule has 0 unspecified atom stereocenters. The molecule has 1 aromatic heterocycles. The number of methoxy groups -OCH3 is 1. The lowest BCUT2D eigenvalue weighted by Gasteiger charge is -2.30. The number of morpholine rings is 1. The molecule has 0 saturated carbocycles. The molecule has 2 saturated heterocycles. The molecule has 8 heteroatoms. The summed E-state index contributed by atoms with van der Waals surface area (Å²) >= 11 is 0. The van der Waals surface area contributed by atoms with E-state index < -0.39 is 0 Å². The lowest BCUT2D eigenvalue weighted by Crippen LogP contribution is -2.44. The zero-order chi connectivity index (χ0) is 13.8. The third-order valence-electron chi connectivity index (χ3n) is 3.47. The van der Waals surface area contributed by atoms with E-state index in [0.29, 0.717) is 31.1 Å². The summed E-state index contributed by atoms with van der Waals surface area (Å²) in [7, 11) is 1.58. The van der Waals surface area contributed by atoms with Gasteiger partial charge in [-0.2, -0.15) is 15.0 Å². The first-order valence-corrected chi connectivity index (χ1v) is 6.95. The van der Waals surface area contributed by atoms with Gasteiger partial charge in [0.1, 0.15) is 0 Å². The van der Waals surface area contributed by atoms with Gasteiger partial charge in [-0.25, -0.2) is 0 Å². The standard InChI is InChI=1S/C12H20N6O2/c1-19-12-15-10(17-4-2-13-3-5-17)14-11(16-12)18-6-8-20-9-7-18/h13H,2-9H2,1H3. The highest BCUT2D eigenvalue weighted by molar-refractivity contribution is 5.41. The summed E-state index contributed by atoms with van der Waals surface area (Å²) in [5, 5.41) is 3.32. The second-order valence-electron chi connectivity index (χ2n) is 4.76. The highest BCUT2D eigenvalue weighted by Crippen LogP contribution is 2.18. The fourth-order valence-corrected chi connectivity index (χ4v) is 2.34. The van der Waals surface area contributed by atoms with Crippen LogP contribution in [0.2, 0.25) is 0 Å². The summed E-state index contributed by atoms with van der Waals surface area (Å²) in [6, 6.07) is 0.370. The molecule has 0 radical (unpaired) electrons. The van der Waals surface area contributed by atoms with Gasteiger partial charge in [-0.1, -0.05) is 0 Å². The van der Waals surface area contributed by atoms with E-state index in [9.17, 15) is 0 Å². The molecule has 2 aliphatic heterocycles. The molecule has 110 valence electrons. The number of hydrogen-bond donors (Lipinski definition) is 1. The van der Waals surface area contributed by atoms with Crippen molar-refractivity contribution in [2.75, 3.05) is 69.4 Å². The highest BCUT2D eigenvalue weighted by atomic mass is 16.5. The Bertz CT molecular complexity index is 409. The van der Waals surface area contributed by atoms with Crippen LogP contribution in [0.4, 0.5) is 11.9 Å². The molecule has 0 aromatic carbocycles. The molecule has 20 heavy (non-hydrogen) atoms. The van der Waals surface area contributed by atoms with E-state index in [1.54, 1.807) is 7.11 Å². The quantitative estimate of drug-likeness (QED) is 0.765. The average Bonchev–Trinajstić information content (AvgIpc) is 2.56. The van der Waals surface area contributed by atoms with Crippen molar-refractivity contribution in [3.63, 3.8) is 0 Å². The Morgan fingerprint density at radius 1 is 0.950 bits per heavy atom. The monoisotopic (exact) mass is 280 g/mol. The Morgan fingerprint density at radius 2 is 1.55 bits per heavy atom. The number of rotatable bonds is 3. The van der Waals surface area contributed by atoms with Gasteiger partial charge in [-0.15, -0.1) is 0 Å². The molecule has 3 rings (SSSR count). The van der Waals surface area contributed by atoms with Gasteiger partial charge in [0.15, 0.2) is 0 Å². The van der Waals surface area contributed by atoms with Crippen LogP contribution in [0.1, 0.15) is 0 Å². The molecule has 2 fully saturated rings. The van der Waals surface area contributed by atoms with E-state index in [1.165, 1.54) is 0 Å². The largest absolute Gasteiger partial charge is 0.467 e. The molecule has 3 heterocycles. The van der Waals surface area contributed by atoms with Crippen LogP contribution in [-0.2, 0) is 4.74 Å². The number of aromatic nitrogens is 3. The molecular formula is C12H20N6O2. The van der Waals surface area contributed by atoms with Gasteiger partial charge in [0.2, 0.25) is 11.9 Å². The summed E-state index contributed by atoms with van der Waals surface area (Å²) in [6.45, 7) is 6.70. The van der Waals surface area contributed by atoms with Crippen molar-refractivity contribution in [2.45, 2.75) is 0 Å². The predicted octanol–water partition coefficient (Wildman–Crippen LogP) is -0.874. The van der Waals surface area contributed by atoms with Crippen LogP contribution in [0.5, 0.6) is 6.01 Å². The van der Waals surface area contributed by atoms with E-state index in [0.717, 1.165) is 39.3 Å². The first-order valence-electron chi connectivity index (χ1n) is 6.95. The van der Waals surface area contributed by atoms with Gasteiger partial charge in [0.05, 0.1) is 20.3 Å². The molecule has 0 amide bonds. The smallest absolute Gasteiger partial charge is 0.322 e. The summed E-state index contributed by atoms with van der Waals surface area (Å²) in [5.41, 5.74) is 0. The van der Waals surface area contributed by atoms with Crippen LogP contribution >= 0.6 is 0 Å². The van der Waals surface area contributed by atoms with E-state index in [4.69, 9.17) is 9.47 Å². The van der Waals surface area contributed by atoms with Crippen LogP contribution in [0.25, 0.3) is 0 Å². The van der Waals surface area contributed by atoms with Crippen LogP contribution in [0.15, 0.2) is 0 Å². The maximum atomic E-state index is 5.36. The van der Waals surface area contributed by atoms with Gasteiger partial charge >= 0.3 is 6.01 Å². The van der Waals surface area contributed by atoms with Gasteiger partial charge in [-0.05, 0) is 0 Å². The molecule has 2 aliphatic rings. The molecule has 1 N–H and O–H groups in total. The van der Waals surface area contributed by atoms with Gasteiger partial charge in [0, 0.05) is 39.3 Å². The third kappa shape index (κ3) is 2.91. The summed E-state index contributed by atoms with van der Waals surface area (Å²) in [6.07, 6.45) is 0. The number of nitrogens with zero attached hydrogens (tertiary/aromatic N) is 5. The molecule has 0 bridgehead atoms. The van der Waals surface area contributed by atoms with E-state index in [2.05, 4.69) is 30.1 Å². The first-order chi connectivity index (χ1) is 9.86. The molecule has 0 atom stereocenters. The average molecular weight is 280 g/mol. The Labute approximate surface area is 118 Å². The second-order valence-corrected chi connectivity index (χ2v) is 4.76. The number of nitrogens with one attached hydrogen (secondary N) is 1. The van der Waals surface area contributed by atoms with Crippen molar-refractivity contribution in [3.8, 4) is 6.01 Å². The zero-order valence-electron chi connectivity index (χ0n) is 11.7. The van der Waals surface area contributed by atoms with Crippen molar-refractivity contribution >= 4 is 11.9 Å². The zero-order valence-corrected chi connectivity index (χ0v) is 11.7. The maximum Gasteiger partial charge on any atom is 0.322 e. The van der Waals surface area contributed by atoms with Crippen molar-refractivity contribution in [1.29, 1.82) is 0 Å². The minimum absolute atomic E-state index is 0.370. The van der Waals surface area contributed by atoms with Gasteiger partial charge in [-0.3, -0.25) is 0 Å². The highest BCUT2D eigenvalue weighted by Gasteiger charge is 2.20.